The molecule has 82 valence electrons. The van der Waals surface area contributed by atoms with Crippen molar-refractivity contribution >= 4 is 17.2 Å². The topological polar surface area (TPSA) is 69.6 Å². The largest absolute Gasteiger partial charge is 0.389 e. The first-order valence-electron chi connectivity index (χ1n) is 4.75. The molecule has 0 saturated heterocycles. The standard InChI is InChI=1S/C10H11N5S/c1-6-13-7(2)15(14-6)10-8(9(11)16)4-3-5-12-10/h3-5H,1-2H3,(H2,11,16). The van der Waals surface area contributed by atoms with Crippen LogP contribution in [0.15, 0.2) is 18.3 Å². The van der Waals surface area contributed by atoms with Crippen LogP contribution in [0, 0.1) is 13.8 Å². The van der Waals surface area contributed by atoms with E-state index < -0.39 is 0 Å². The molecule has 2 N–H and O–H groups in total. The van der Waals surface area contributed by atoms with Gasteiger partial charge in [-0.2, -0.15) is 4.68 Å². The molecule has 0 saturated carbocycles. The van der Waals surface area contributed by atoms with Crippen molar-refractivity contribution in [2.75, 3.05) is 0 Å². The van der Waals surface area contributed by atoms with Crippen molar-refractivity contribution in [3.8, 4) is 5.82 Å². The summed E-state index contributed by atoms with van der Waals surface area (Å²) < 4.78 is 1.64. The number of nitrogens with two attached hydrogens (primary N) is 1. The molecule has 0 aliphatic rings. The molecule has 0 fully saturated rings. The van der Waals surface area contributed by atoms with Gasteiger partial charge in [0.15, 0.2) is 5.82 Å². The minimum absolute atomic E-state index is 0.302. The Labute approximate surface area is 98.3 Å². The van der Waals surface area contributed by atoms with Crippen LogP contribution in [-0.2, 0) is 0 Å². The molecule has 0 aliphatic heterocycles. The van der Waals surface area contributed by atoms with Gasteiger partial charge in [-0.15, -0.1) is 5.10 Å². The van der Waals surface area contributed by atoms with Crippen LogP contribution >= 0.6 is 12.2 Å². The summed E-state index contributed by atoms with van der Waals surface area (Å²) in [6, 6.07) is 3.61. The fourth-order valence-electron chi connectivity index (χ4n) is 1.48. The lowest BCUT2D eigenvalue weighted by molar-refractivity contribution is 0.802. The maximum Gasteiger partial charge on any atom is 0.165 e. The van der Waals surface area contributed by atoms with Gasteiger partial charge in [0, 0.05) is 6.20 Å². The minimum Gasteiger partial charge on any atom is -0.389 e. The van der Waals surface area contributed by atoms with E-state index in [0.29, 0.717) is 22.2 Å². The van der Waals surface area contributed by atoms with Gasteiger partial charge < -0.3 is 5.73 Å². The predicted octanol–water partition coefficient (Wildman–Crippen LogP) is 0.913. The monoisotopic (exact) mass is 233 g/mol. The van der Waals surface area contributed by atoms with E-state index in [9.17, 15) is 0 Å². The lowest BCUT2D eigenvalue weighted by Crippen LogP contribution is -2.15. The van der Waals surface area contributed by atoms with Crippen LogP contribution in [0.3, 0.4) is 0 Å². The Hall–Kier alpha value is -1.82. The van der Waals surface area contributed by atoms with E-state index in [1.165, 1.54) is 0 Å². The van der Waals surface area contributed by atoms with Gasteiger partial charge in [-0.3, -0.25) is 0 Å². The molecular formula is C10H11N5S. The smallest absolute Gasteiger partial charge is 0.165 e. The maximum atomic E-state index is 5.64. The summed E-state index contributed by atoms with van der Waals surface area (Å²) in [5, 5.41) is 4.25. The van der Waals surface area contributed by atoms with E-state index in [1.807, 2.05) is 19.9 Å². The third-order valence-electron chi connectivity index (χ3n) is 2.13. The lowest BCUT2D eigenvalue weighted by Gasteiger charge is -2.06. The molecule has 16 heavy (non-hydrogen) atoms. The molecule has 2 heterocycles. The van der Waals surface area contributed by atoms with Crippen LogP contribution < -0.4 is 5.73 Å². The third kappa shape index (κ3) is 1.79. The highest BCUT2D eigenvalue weighted by Crippen LogP contribution is 2.12. The van der Waals surface area contributed by atoms with E-state index >= 15 is 0 Å². The first-order valence-corrected chi connectivity index (χ1v) is 5.16. The number of rotatable bonds is 2. The molecule has 0 amide bonds. The van der Waals surface area contributed by atoms with Crippen molar-refractivity contribution in [2.45, 2.75) is 13.8 Å². The number of aromatic nitrogens is 4. The fourth-order valence-corrected chi connectivity index (χ4v) is 1.64. The average Bonchev–Trinajstić information content (AvgIpc) is 2.57. The summed E-state index contributed by atoms with van der Waals surface area (Å²) in [5.41, 5.74) is 6.34. The summed E-state index contributed by atoms with van der Waals surface area (Å²) in [5.74, 6) is 2.07. The van der Waals surface area contributed by atoms with Crippen molar-refractivity contribution in [1.29, 1.82) is 0 Å². The summed E-state index contributed by atoms with van der Waals surface area (Å²) in [6.45, 7) is 3.69. The fraction of sp³-hybridized carbons (Fsp3) is 0.200. The van der Waals surface area contributed by atoms with Crippen molar-refractivity contribution in [2.24, 2.45) is 5.73 Å². The first-order chi connectivity index (χ1) is 7.59. The van der Waals surface area contributed by atoms with Crippen LogP contribution in [0.2, 0.25) is 0 Å². The molecular weight excluding hydrogens is 222 g/mol. The molecule has 0 radical (unpaired) electrons. The van der Waals surface area contributed by atoms with Gasteiger partial charge >= 0.3 is 0 Å². The Kier molecular flexibility index (Phi) is 2.66. The molecule has 0 atom stereocenters. The third-order valence-corrected chi connectivity index (χ3v) is 2.35. The maximum absolute atomic E-state index is 5.64. The molecule has 0 bridgehead atoms. The quantitative estimate of drug-likeness (QED) is 0.781. The Morgan fingerprint density at radius 1 is 1.44 bits per heavy atom. The summed E-state index contributed by atoms with van der Waals surface area (Å²) in [4.78, 5) is 8.75. The molecule has 5 nitrogen and oxygen atoms in total. The zero-order chi connectivity index (χ0) is 11.7. The van der Waals surface area contributed by atoms with Crippen molar-refractivity contribution in [1.82, 2.24) is 19.7 Å². The van der Waals surface area contributed by atoms with E-state index in [0.717, 1.165) is 5.82 Å². The number of hydrogen-bond donors (Lipinski definition) is 1. The van der Waals surface area contributed by atoms with Gasteiger partial charge in [-0.05, 0) is 26.0 Å². The summed E-state index contributed by atoms with van der Waals surface area (Å²) >= 11 is 4.98. The van der Waals surface area contributed by atoms with Gasteiger partial charge in [-0.25, -0.2) is 9.97 Å². The first kappa shape index (κ1) is 10.7. The van der Waals surface area contributed by atoms with E-state index in [2.05, 4.69) is 15.1 Å². The number of nitrogens with zero attached hydrogens (tertiary/aromatic N) is 4. The number of hydrogen-bond acceptors (Lipinski definition) is 4. The molecule has 2 aromatic heterocycles. The summed E-state index contributed by atoms with van der Waals surface area (Å²) in [7, 11) is 0. The second kappa shape index (κ2) is 3.97. The number of thiocarbonyl (C=S) groups is 1. The minimum atomic E-state index is 0.302. The second-order valence-electron chi connectivity index (χ2n) is 3.36. The zero-order valence-corrected chi connectivity index (χ0v) is 9.82. The van der Waals surface area contributed by atoms with Gasteiger partial charge in [0.1, 0.15) is 16.6 Å². The number of pyridine rings is 1. The van der Waals surface area contributed by atoms with E-state index in [-0.39, 0.29) is 0 Å². The molecule has 2 rings (SSSR count). The lowest BCUT2D eigenvalue weighted by atomic mass is 10.2. The Bertz CT molecular complexity index is 546. The molecule has 0 aromatic carbocycles. The van der Waals surface area contributed by atoms with E-state index in [4.69, 9.17) is 18.0 Å². The second-order valence-corrected chi connectivity index (χ2v) is 3.80. The average molecular weight is 233 g/mol. The predicted molar refractivity (Wildman–Crippen MR) is 64.5 cm³/mol. The normalized spacial score (nSPS) is 10.4. The highest BCUT2D eigenvalue weighted by molar-refractivity contribution is 7.80. The highest BCUT2D eigenvalue weighted by atomic mass is 32.1. The van der Waals surface area contributed by atoms with Gasteiger partial charge in [0.25, 0.3) is 0 Å². The molecule has 2 aromatic rings. The van der Waals surface area contributed by atoms with Crippen LogP contribution in [0.5, 0.6) is 0 Å². The van der Waals surface area contributed by atoms with Crippen LogP contribution in [0.4, 0.5) is 0 Å². The molecule has 0 unspecified atom stereocenters. The Balaban J connectivity index is 2.64. The van der Waals surface area contributed by atoms with Crippen molar-refractivity contribution < 1.29 is 0 Å². The van der Waals surface area contributed by atoms with Crippen molar-refractivity contribution in [3.63, 3.8) is 0 Å². The Morgan fingerprint density at radius 3 is 2.75 bits per heavy atom. The highest BCUT2D eigenvalue weighted by Gasteiger charge is 2.12. The molecule has 6 heteroatoms. The van der Waals surface area contributed by atoms with Gasteiger partial charge in [0.2, 0.25) is 0 Å². The van der Waals surface area contributed by atoms with Crippen LogP contribution in [0.25, 0.3) is 5.82 Å². The number of aryl methyl sites for hydroxylation is 2. The molecule has 0 aliphatic carbocycles. The molecule has 0 spiro atoms. The Morgan fingerprint density at radius 2 is 2.19 bits per heavy atom. The van der Waals surface area contributed by atoms with E-state index in [1.54, 1.807) is 16.9 Å². The van der Waals surface area contributed by atoms with Crippen molar-refractivity contribution in [3.05, 3.63) is 35.5 Å². The zero-order valence-electron chi connectivity index (χ0n) is 9.01. The van der Waals surface area contributed by atoms with Crippen LogP contribution in [-0.4, -0.2) is 24.7 Å². The van der Waals surface area contributed by atoms with Gasteiger partial charge in [0.05, 0.1) is 5.56 Å². The van der Waals surface area contributed by atoms with Crippen LogP contribution in [0.1, 0.15) is 17.2 Å². The van der Waals surface area contributed by atoms with Gasteiger partial charge in [-0.1, -0.05) is 12.2 Å². The summed E-state index contributed by atoms with van der Waals surface area (Å²) in [6.07, 6.45) is 1.67. The SMILES string of the molecule is Cc1nc(C)n(-c2ncccc2C(N)=S)n1.